The van der Waals surface area contributed by atoms with Gasteiger partial charge >= 0.3 is 0 Å². The van der Waals surface area contributed by atoms with Crippen molar-refractivity contribution in [3.05, 3.63) is 38.8 Å². The number of methoxy groups -OCH3 is 1. The van der Waals surface area contributed by atoms with Gasteiger partial charge in [0.1, 0.15) is 0 Å². The summed E-state index contributed by atoms with van der Waals surface area (Å²) in [6, 6.07) is 5.56. The number of benzene rings is 1. The first-order valence-electron chi connectivity index (χ1n) is 4.87. The summed E-state index contributed by atoms with van der Waals surface area (Å²) >= 11 is 13.2. The maximum atomic E-state index is 6.02. The third kappa shape index (κ3) is 3.03. The molecule has 0 aliphatic heterocycles. The van der Waals surface area contributed by atoms with Crippen molar-refractivity contribution in [2.75, 3.05) is 12.4 Å². The molecule has 6 heteroatoms. The first-order valence-corrected chi connectivity index (χ1v) is 6.44. The average molecular weight is 289 g/mol. The lowest BCUT2D eigenvalue weighted by Gasteiger charge is -2.11. The van der Waals surface area contributed by atoms with Gasteiger partial charge in [0, 0.05) is 11.1 Å². The van der Waals surface area contributed by atoms with Crippen LogP contribution in [0.15, 0.2) is 24.4 Å². The van der Waals surface area contributed by atoms with Gasteiger partial charge in [-0.05, 0) is 12.1 Å². The minimum absolute atomic E-state index is 0.542. The fourth-order valence-electron chi connectivity index (χ4n) is 1.40. The van der Waals surface area contributed by atoms with Crippen LogP contribution in [0.2, 0.25) is 9.49 Å². The van der Waals surface area contributed by atoms with Gasteiger partial charge < -0.3 is 10.1 Å². The molecule has 2 aromatic rings. The number of hydrogen-bond acceptors (Lipinski definition) is 4. The first kappa shape index (κ1) is 12.5. The van der Waals surface area contributed by atoms with Crippen LogP contribution in [0.1, 0.15) is 4.88 Å². The van der Waals surface area contributed by atoms with Crippen molar-refractivity contribution in [3.63, 3.8) is 0 Å². The van der Waals surface area contributed by atoms with Crippen LogP contribution in [-0.4, -0.2) is 12.1 Å². The fourth-order valence-corrected chi connectivity index (χ4v) is 2.57. The highest BCUT2D eigenvalue weighted by molar-refractivity contribution is 7.15. The highest BCUT2D eigenvalue weighted by Crippen LogP contribution is 2.33. The molecule has 2 rings (SSSR count). The first-order chi connectivity index (χ1) is 8.20. The Bertz CT molecular complexity index is 516. The molecule has 0 saturated carbocycles. The smallest absolute Gasteiger partial charge is 0.183 e. The van der Waals surface area contributed by atoms with Gasteiger partial charge in [0.2, 0.25) is 0 Å². The van der Waals surface area contributed by atoms with E-state index in [9.17, 15) is 0 Å². The van der Waals surface area contributed by atoms with E-state index >= 15 is 0 Å². The second kappa shape index (κ2) is 5.58. The van der Waals surface area contributed by atoms with Crippen molar-refractivity contribution < 1.29 is 4.74 Å². The highest BCUT2D eigenvalue weighted by atomic mass is 35.5. The van der Waals surface area contributed by atoms with E-state index in [0.29, 0.717) is 21.8 Å². The van der Waals surface area contributed by atoms with E-state index in [0.717, 1.165) is 10.6 Å². The molecule has 1 N–H and O–H groups in total. The number of thiazole rings is 1. The molecule has 0 unspecified atom stereocenters. The average Bonchev–Trinajstić information content (AvgIpc) is 2.72. The topological polar surface area (TPSA) is 34.1 Å². The lowest BCUT2D eigenvalue weighted by molar-refractivity contribution is 0.416. The number of para-hydroxylation sites is 1. The summed E-state index contributed by atoms with van der Waals surface area (Å²) in [5.74, 6) is 0.643. The molecule has 0 spiro atoms. The van der Waals surface area contributed by atoms with E-state index in [1.165, 1.54) is 11.3 Å². The van der Waals surface area contributed by atoms with Gasteiger partial charge in [-0.25, -0.2) is 4.98 Å². The molecule has 17 heavy (non-hydrogen) atoms. The van der Waals surface area contributed by atoms with Crippen molar-refractivity contribution in [2.45, 2.75) is 6.54 Å². The van der Waals surface area contributed by atoms with Gasteiger partial charge in [-0.1, -0.05) is 29.3 Å². The number of hydrogen-bond donors (Lipinski definition) is 1. The summed E-state index contributed by atoms with van der Waals surface area (Å²) in [6.07, 6.45) is 1.75. The van der Waals surface area contributed by atoms with Crippen molar-refractivity contribution in [2.24, 2.45) is 0 Å². The van der Waals surface area contributed by atoms with Crippen LogP contribution >= 0.6 is 34.5 Å². The maximum absolute atomic E-state index is 6.02. The number of nitrogens with one attached hydrogen (secondary N) is 1. The van der Waals surface area contributed by atoms with Gasteiger partial charge in [-0.3, -0.25) is 0 Å². The standard InChI is InChI=1S/C11H10Cl2N2OS/c1-16-10-8(12)3-2-4-9(10)14-5-7-6-15-11(13)17-7/h2-4,6,14H,5H2,1H3. The van der Waals surface area contributed by atoms with Crippen LogP contribution in [0.4, 0.5) is 5.69 Å². The molecule has 0 fully saturated rings. The molecule has 0 radical (unpaired) electrons. The molecule has 0 bridgehead atoms. The lowest BCUT2D eigenvalue weighted by atomic mass is 10.3. The van der Waals surface area contributed by atoms with E-state index in [2.05, 4.69) is 10.3 Å². The molecular formula is C11H10Cl2N2OS. The summed E-state index contributed by atoms with van der Waals surface area (Å²) < 4.78 is 5.78. The summed E-state index contributed by atoms with van der Waals surface area (Å²) in [5, 5.41) is 3.82. The van der Waals surface area contributed by atoms with Crippen LogP contribution in [0, 0.1) is 0 Å². The van der Waals surface area contributed by atoms with E-state index < -0.39 is 0 Å². The van der Waals surface area contributed by atoms with Gasteiger partial charge in [0.05, 0.1) is 24.4 Å². The number of aromatic nitrogens is 1. The Morgan fingerprint density at radius 3 is 2.88 bits per heavy atom. The molecule has 1 aromatic carbocycles. The number of anilines is 1. The quantitative estimate of drug-likeness (QED) is 0.921. The third-order valence-electron chi connectivity index (χ3n) is 2.15. The van der Waals surface area contributed by atoms with Crippen LogP contribution in [0.25, 0.3) is 0 Å². The molecular weight excluding hydrogens is 279 g/mol. The molecule has 0 saturated heterocycles. The van der Waals surface area contributed by atoms with Crippen LogP contribution in [-0.2, 0) is 6.54 Å². The minimum Gasteiger partial charge on any atom is -0.493 e. The predicted octanol–water partition coefficient (Wildman–Crippen LogP) is 4.07. The number of ether oxygens (including phenoxy) is 1. The molecule has 0 aliphatic rings. The van der Waals surface area contributed by atoms with Crippen LogP contribution in [0.3, 0.4) is 0 Å². The Labute approximate surface area is 113 Å². The monoisotopic (exact) mass is 288 g/mol. The second-order valence-corrected chi connectivity index (χ2v) is 5.36. The van der Waals surface area contributed by atoms with Crippen LogP contribution in [0.5, 0.6) is 5.75 Å². The second-order valence-electron chi connectivity index (χ2n) is 3.25. The van der Waals surface area contributed by atoms with Crippen molar-refractivity contribution in [1.82, 2.24) is 4.98 Å². The van der Waals surface area contributed by atoms with Gasteiger partial charge in [0.25, 0.3) is 0 Å². The van der Waals surface area contributed by atoms with E-state index in [4.69, 9.17) is 27.9 Å². The molecule has 0 atom stereocenters. The summed E-state index contributed by atoms with van der Waals surface area (Å²) in [7, 11) is 1.59. The van der Waals surface area contributed by atoms with Crippen molar-refractivity contribution in [1.29, 1.82) is 0 Å². The molecule has 1 aromatic heterocycles. The Hall–Kier alpha value is -0.970. The summed E-state index contributed by atoms with van der Waals surface area (Å²) in [5.41, 5.74) is 0.851. The Morgan fingerprint density at radius 1 is 1.41 bits per heavy atom. The normalized spacial score (nSPS) is 10.3. The van der Waals surface area contributed by atoms with Gasteiger partial charge in [0.15, 0.2) is 10.2 Å². The third-order valence-corrected chi connectivity index (χ3v) is 3.56. The predicted molar refractivity (Wildman–Crippen MR) is 72.5 cm³/mol. The van der Waals surface area contributed by atoms with Crippen LogP contribution < -0.4 is 10.1 Å². The Balaban J connectivity index is 2.11. The van der Waals surface area contributed by atoms with Crippen molar-refractivity contribution >= 4 is 40.2 Å². The zero-order valence-corrected chi connectivity index (χ0v) is 11.4. The molecule has 0 aliphatic carbocycles. The van der Waals surface area contributed by atoms with Gasteiger partial charge in [-0.15, -0.1) is 11.3 Å². The number of halogens is 2. The van der Waals surface area contributed by atoms with E-state index in [-0.39, 0.29) is 0 Å². The molecule has 3 nitrogen and oxygen atoms in total. The highest BCUT2D eigenvalue weighted by Gasteiger charge is 2.07. The number of nitrogens with zero attached hydrogens (tertiary/aromatic N) is 1. The van der Waals surface area contributed by atoms with E-state index in [1.54, 1.807) is 19.4 Å². The zero-order valence-electron chi connectivity index (χ0n) is 9.04. The molecule has 0 amide bonds. The SMILES string of the molecule is COc1c(Cl)cccc1NCc1cnc(Cl)s1. The summed E-state index contributed by atoms with van der Waals surface area (Å²) in [6.45, 7) is 0.640. The Kier molecular flexibility index (Phi) is 4.10. The minimum atomic E-state index is 0.542. The summed E-state index contributed by atoms with van der Waals surface area (Å²) in [4.78, 5) is 5.03. The molecule has 90 valence electrons. The largest absolute Gasteiger partial charge is 0.493 e. The Morgan fingerprint density at radius 2 is 2.24 bits per heavy atom. The van der Waals surface area contributed by atoms with Gasteiger partial charge in [-0.2, -0.15) is 0 Å². The lowest BCUT2D eigenvalue weighted by Crippen LogP contribution is -2.00. The maximum Gasteiger partial charge on any atom is 0.183 e. The zero-order chi connectivity index (χ0) is 12.3. The number of rotatable bonds is 4. The van der Waals surface area contributed by atoms with Crippen molar-refractivity contribution in [3.8, 4) is 5.75 Å². The van der Waals surface area contributed by atoms with E-state index in [1.807, 2.05) is 12.1 Å². The fraction of sp³-hybridized carbons (Fsp3) is 0.182. The molecule has 1 heterocycles.